The molecule has 1 N–H and O–H groups in total. The SMILES string of the molecule is CCCn1ccn(CC(O)CC(=O)OCC)c1=O. The molecular weight excluding hydrogens is 236 g/mol. The van der Waals surface area contributed by atoms with Crippen molar-refractivity contribution in [2.45, 2.75) is 45.9 Å². The van der Waals surface area contributed by atoms with E-state index in [1.807, 2.05) is 6.92 Å². The van der Waals surface area contributed by atoms with Crippen LogP contribution in [0.5, 0.6) is 0 Å². The zero-order valence-electron chi connectivity index (χ0n) is 10.8. The molecule has 0 aromatic carbocycles. The average Bonchev–Trinajstić information content (AvgIpc) is 2.62. The highest BCUT2D eigenvalue weighted by Gasteiger charge is 2.13. The number of carbonyl (C=O) groups is 1. The molecule has 0 aliphatic heterocycles. The van der Waals surface area contributed by atoms with Gasteiger partial charge >= 0.3 is 11.7 Å². The van der Waals surface area contributed by atoms with Gasteiger partial charge in [-0.2, -0.15) is 0 Å². The van der Waals surface area contributed by atoms with Crippen LogP contribution in [0.2, 0.25) is 0 Å². The van der Waals surface area contributed by atoms with Gasteiger partial charge in [-0.15, -0.1) is 0 Å². The van der Waals surface area contributed by atoms with E-state index in [9.17, 15) is 14.7 Å². The third-order valence-corrected chi connectivity index (χ3v) is 2.50. The van der Waals surface area contributed by atoms with Gasteiger partial charge in [-0.3, -0.25) is 13.9 Å². The minimum Gasteiger partial charge on any atom is -0.466 e. The third kappa shape index (κ3) is 4.03. The number of nitrogens with zero attached hydrogens (tertiary/aromatic N) is 2. The van der Waals surface area contributed by atoms with Gasteiger partial charge in [0, 0.05) is 18.9 Å². The van der Waals surface area contributed by atoms with Gasteiger partial charge in [-0.1, -0.05) is 6.92 Å². The molecule has 0 fully saturated rings. The van der Waals surface area contributed by atoms with Crippen LogP contribution in [0.15, 0.2) is 17.2 Å². The summed E-state index contributed by atoms with van der Waals surface area (Å²) in [5.74, 6) is -0.453. The van der Waals surface area contributed by atoms with Crippen molar-refractivity contribution in [2.24, 2.45) is 0 Å². The molecule has 0 aliphatic carbocycles. The standard InChI is InChI=1S/C12H20N2O4/c1-3-5-13-6-7-14(12(13)17)9-10(15)8-11(16)18-4-2/h6-7,10,15H,3-5,8-9H2,1-2H3. The zero-order valence-corrected chi connectivity index (χ0v) is 10.8. The van der Waals surface area contributed by atoms with Gasteiger partial charge in [0.25, 0.3) is 0 Å². The summed E-state index contributed by atoms with van der Waals surface area (Å²) < 4.78 is 7.72. The van der Waals surface area contributed by atoms with E-state index in [2.05, 4.69) is 0 Å². The van der Waals surface area contributed by atoms with E-state index in [0.29, 0.717) is 13.2 Å². The first kappa shape index (κ1) is 14.5. The topological polar surface area (TPSA) is 73.5 Å². The number of aromatic nitrogens is 2. The van der Waals surface area contributed by atoms with Crippen molar-refractivity contribution >= 4 is 5.97 Å². The first-order valence-corrected chi connectivity index (χ1v) is 6.17. The first-order valence-electron chi connectivity index (χ1n) is 6.17. The quantitative estimate of drug-likeness (QED) is 0.715. The van der Waals surface area contributed by atoms with E-state index in [-0.39, 0.29) is 18.7 Å². The molecule has 0 saturated heterocycles. The van der Waals surface area contributed by atoms with Crippen LogP contribution in [-0.4, -0.2) is 32.9 Å². The van der Waals surface area contributed by atoms with Crippen LogP contribution in [0.3, 0.4) is 0 Å². The molecule has 1 rings (SSSR count). The van der Waals surface area contributed by atoms with Crippen LogP contribution in [0.25, 0.3) is 0 Å². The molecule has 1 heterocycles. The number of esters is 1. The normalized spacial score (nSPS) is 12.4. The summed E-state index contributed by atoms with van der Waals surface area (Å²) in [6.07, 6.45) is 3.17. The lowest BCUT2D eigenvalue weighted by molar-refractivity contribution is -0.145. The Bertz CT molecular complexity index is 436. The Morgan fingerprint density at radius 3 is 2.67 bits per heavy atom. The number of carbonyl (C=O) groups excluding carboxylic acids is 1. The highest BCUT2D eigenvalue weighted by atomic mass is 16.5. The molecule has 0 bridgehead atoms. The molecule has 1 aromatic heterocycles. The Balaban J connectivity index is 2.56. The Morgan fingerprint density at radius 2 is 2.06 bits per heavy atom. The minimum absolute atomic E-state index is 0.0980. The minimum atomic E-state index is -0.903. The lowest BCUT2D eigenvalue weighted by Crippen LogP contribution is -2.29. The van der Waals surface area contributed by atoms with Gasteiger partial charge in [0.05, 0.1) is 25.7 Å². The summed E-state index contributed by atoms with van der Waals surface area (Å²) in [5, 5.41) is 9.69. The first-order chi connectivity index (χ1) is 8.58. The lowest BCUT2D eigenvalue weighted by Gasteiger charge is -2.09. The van der Waals surface area contributed by atoms with Gasteiger partial charge in [-0.05, 0) is 13.3 Å². The van der Waals surface area contributed by atoms with Crippen LogP contribution in [0.1, 0.15) is 26.7 Å². The van der Waals surface area contributed by atoms with Gasteiger partial charge in [0.15, 0.2) is 0 Å². The van der Waals surface area contributed by atoms with Crippen LogP contribution >= 0.6 is 0 Å². The van der Waals surface area contributed by atoms with Crippen LogP contribution in [-0.2, 0) is 22.6 Å². The number of hydrogen-bond donors (Lipinski definition) is 1. The van der Waals surface area contributed by atoms with Crippen molar-refractivity contribution in [1.29, 1.82) is 0 Å². The summed E-state index contributed by atoms with van der Waals surface area (Å²) in [6.45, 7) is 4.74. The van der Waals surface area contributed by atoms with Gasteiger partial charge in [-0.25, -0.2) is 4.79 Å². The zero-order chi connectivity index (χ0) is 13.5. The molecular formula is C12H20N2O4. The number of aryl methyl sites for hydroxylation is 1. The van der Waals surface area contributed by atoms with E-state index in [1.54, 1.807) is 23.9 Å². The highest BCUT2D eigenvalue weighted by Crippen LogP contribution is 1.98. The molecule has 102 valence electrons. The Morgan fingerprint density at radius 1 is 1.39 bits per heavy atom. The molecule has 0 aliphatic rings. The number of aliphatic hydroxyl groups excluding tert-OH is 1. The van der Waals surface area contributed by atoms with Crippen LogP contribution in [0.4, 0.5) is 0 Å². The molecule has 6 heteroatoms. The summed E-state index contributed by atoms with van der Waals surface area (Å²) in [4.78, 5) is 23.0. The van der Waals surface area contributed by atoms with E-state index in [1.165, 1.54) is 4.57 Å². The van der Waals surface area contributed by atoms with Gasteiger partial charge in [0.2, 0.25) is 0 Å². The second-order valence-electron chi connectivity index (χ2n) is 4.09. The van der Waals surface area contributed by atoms with Crippen molar-refractivity contribution in [2.75, 3.05) is 6.61 Å². The monoisotopic (exact) mass is 256 g/mol. The predicted octanol–water partition coefficient (Wildman–Crippen LogP) is 0.374. The van der Waals surface area contributed by atoms with E-state index >= 15 is 0 Å². The summed E-state index contributed by atoms with van der Waals surface area (Å²) in [6, 6.07) is 0. The lowest BCUT2D eigenvalue weighted by atomic mass is 10.2. The van der Waals surface area contributed by atoms with Crippen LogP contribution in [0, 0.1) is 0 Å². The number of rotatable bonds is 7. The third-order valence-electron chi connectivity index (χ3n) is 2.50. The maximum Gasteiger partial charge on any atom is 0.328 e. The number of imidazole rings is 1. The predicted molar refractivity (Wildman–Crippen MR) is 66.2 cm³/mol. The van der Waals surface area contributed by atoms with Crippen LogP contribution < -0.4 is 5.69 Å². The van der Waals surface area contributed by atoms with Gasteiger partial charge in [0.1, 0.15) is 0 Å². The van der Waals surface area contributed by atoms with Crippen molar-refractivity contribution in [1.82, 2.24) is 9.13 Å². The fourth-order valence-corrected chi connectivity index (χ4v) is 1.71. The molecule has 1 unspecified atom stereocenters. The molecule has 0 spiro atoms. The summed E-state index contributed by atoms with van der Waals surface area (Å²) in [7, 11) is 0. The van der Waals surface area contributed by atoms with Crippen molar-refractivity contribution in [3.8, 4) is 0 Å². The second-order valence-corrected chi connectivity index (χ2v) is 4.09. The summed E-state index contributed by atoms with van der Waals surface area (Å²) >= 11 is 0. The number of ether oxygens (including phenoxy) is 1. The van der Waals surface area contributed by atoms with Crippen molar-refractivity contribution in [3.63, 3.8) is 0 Å². The Labute approximate surface area is 106 Å². The molecule has 6 nitrogen and oxygen atoms in total. The Kier molecular flexibility index (Phi) is 5.64. The fraction of sp³-hybridized carbons (Fsp3) is 0.667. The maximum atomic E-state index is 11.8. The molecule has 0 amide bonds. The maximum absolute atomic E-state index is 11.8. The largest absolute Gasteiger partial charge is 0.466 e. The molecule has 18 heavy (non-hydrogen) atoms. The van der Waals surface area contributed by atoms with Crippen molar-refractivity contribution in [3.05, 3.63) is 22.9 Å². The highest BCUT2D eigenvalue weighted by molar-refractivity contribution is 5.69. The average molecular weight is 256 g/mol. The van der Waals surface area contributed by atoms with Gasteiger partial charge < -0.3 is 9.84 Å². The fourth-order valence-electron chi connectivity index (χ4n) is 1.71. The smallest absolute Gasteiger partial charge is 0.328 e. The van der Waals surface area contributed by atoms with E-state index in [4.69, 9.17) is 4.74 Å². The van der Waals surface area contributed by atoms with E-state index in [0.717, 1.165) is 6.42 Å². The molecule has 0 radical (unpaired) electrons. The summed E-state index contributed by atoms with van der Waals surface area (Å²) in [5.41, 5.74) is -0.167. The molecule has 0 saturated carbocycles. The second kappa shape index (κ2) is 7.00. The Hall–Kier alpha value is -1.56. The molecule has 1 atom stereocenters. The van der Waals surface area contributed by atoms with E-state index < -0.39 is 12.1 Å². The molecule has 1 aromatic rings. The van der Waals surface area contributed by atoms with Crippen molar-refractivity contribution < 1.29 is 14.6 Å². The number of hydrogen-bond acceptors (Lipinski definition) is 4. The number of aliphatic hydroxyl groups is 1.